The maximum absolute atomic E-state index is 11.5. The van der Waals surface area contributed by atoms with E-state index in [0.717, 1.165) is 10.9 Å². The van der Waals surface area contributed by atoms with Gasteiger partial charge in [0.1, 0.15) is 0 Å². The Labute approximate surface area is 98.4 Å². The predicted molar refractivity (Wildman–Crippen MR) is 65.5 cm³/mol. The molecule has 2 amide bonds. The Hall–Kier alpha value is -2.30. The number of hydrogen-bond donors (Lipinski definition) is 1. The monoisotopic (exact) mass is 231 g/mol. The van der Waals surface area contributed by atoms with Crippen molar-refractivity contribution in [2.45, 2.75) is 0 Å². The van der Waals surface area contributed by atoms with Crippen LogP contribution in [0.2, 0.25) is 0 Å². The number of nitrogens with two attached hydrogens (primary N) is 1. The number of nitrogens with zero attached hydrogens (tertiary/aromatic N) is 2. The van der Waals surface area contributed by atoms with E-state index >= 15 is 0 Å². The molecule has 0 aliphatic carbocycles. The molecule has 0 spiro atoms. The largest absolute Gasteiger partial charge is 0.361 e. The van der Waals surface area contributed by atoms with Gasteiger partial charge in [-0.2, -0.15) is 0 Å². The quantitative estimate of drug-likeness (QED) is 0.731. The van der Waals surface area contributed by atoms with Gasteiger partial charge in [-0.3, -0.25) is 9.59 Å². The highest BCUT2D eigenvalue weighted by Gasteiger charge is 2.19. The molecule has 1 aromatic heterocycles. The molecule has 0 aliphatic heterocycles. The summed E-state index contributed by atoms with van der Waals surface area (Å²) in [6.07, 6.45) is 1.80. The Bertz CT molecular complexity index is 601. The fraction of sp³-hybridized carbons (Fsp3) is 0.167. The van der Waals surface area contributed by atoms with Crippen LogP contribution in [0.5, 0.6) is 0 Å². The third-order valence-electron chi connectivity index (χ3n) is 2.75. The summed E-state index contributed by atoms with van der Waals surface area (Å²) in [6, 6.07) is 7.65. The summed E-state index contributed by atoms with van der Waals surface area (Å²) in [5, 5.41) is 0.909. The number of benzene rings is 1. The SMILES string of the molecule is CN(C(=O)C(N)=O)c1cn(C)c2ccccc12. The molecule has 0 bridgehead atoms. The molecule has 0 atom stereocenters. The number of aryl methyl sites for hydroxylation is 1. The Morgan fingerprint density at radius 1 is 1.29 bits per heavy atom. The van der Waals surface area contributed by atoms with E-state index in [0.29, 0.717) is 5.69 Å². The van der Waals surface area contributed by atoms with E-state index in [2.05, 4.69) is 0 Å². The second-order valence-electron chi connectivity index (χ2n) is 3.87. The number of para-hydroxylation sites is 1. The van der Waals surface area contributed by atoms with Crippen LogP contribution in [0.4, 0.5) is 5.69 Å². The van der Waals surface area contributed by atoms with Gasteiger partial charge in [-0.15, -0.1) is 0 Å². The van der Waals surface area contributed by atoms with Gasteiger partial charge in [-0.1, -0.05) is 18.2 Å². The summed E-state index contributed by atoms with van der Waals surface area (Å²) in [6.45, 7) is 0. The van der Waals surface area contributed by atoms with Gasteiger partial charge in [-0.05, 0) is 6.07 Å². The van der Waals surface area contributed by atoms with E-state index in [9.17, 15) is 9.59 Å². The van der Waals surface area contributed by atoms with Crippen LogP contribution in [0, 0.1) is 0 Å². The molecule has 0 saturated carbocycles. The van der Waals surface area contributed by atoms with Crippen molar-refractivity contribution in [1.82, 2.24) is 4.57 Å². The molecule has 88 valence electrons. The van der Waals surface area contributed by atoms with Crippen molar-refractivity contribution in [1.29, 1.82) is 0 Å². The van der Waals surface area contributed by atoms with Gasteiger partial charge in [-0.25, -0.2) is 0 Å². The molecular formula is C12H13N3O2. The lowest BCUT2D eigenvalue weighted by Crippen LogP contribution is -2.37. The number of primary amides is 1. The van der Waals surface area contributed by atoms with Crippen LogP contribution in [-0.4, -0.2) is 23.4 Å². The smallest absolute Gasteiger partial charge is 0.315 e. The fourth-order valence-electron chi connectivity index (χ4n) is 1.86. The van der Waals surface area contributed by atoms with E-state index in [-0.39, 0.29) is 0 Å². The van der Waals surface area contributed by atoms with Gasteiger partial charge in [0.05, 0.1) is 5.69 Å². The lowest BCUT2D eigenvalue weighted by Gasteiger charge is -2.13. The third kappa shape index (κ3) is 1.75. The zero-order valence-electron chi connectivity index (χ0n) is 9.68. The van der Waals surface area contributed by atoms with Gasteiger partial charge in [0.25, 0.3) is 0 Å². The summed E-state index contributed by atoms with van der Waals surface area (Å²) in [7, 11) is 3.42. The molecule has 0 saturated heterocycles. The maximum atomic E-state index is 11.5. The Balaban J connectivity index is 2.56. The first-order chi connectivity index (χ1) is 8.02. The van der Waals surface area contributed by atoms with E-state index in [1.54, 1.807) is 6.20 Å². The normalized spacial score (nSPS) is 10.5. The van der Waals surface area contributed by atoms with Gasteiger partial charge in [0.2, 0.25) is 0 Å². The number of fused-ring (bicyclic) bond motifs is 1. The Morgan fingerprint density at radius 2 is 1.94 bits per heavy atom. The lowest BCUT2D eigenvalue weighted by atomic mass is 10.2. The molecule has 0 radical (unpaired) electrons. The maximum Gasteiger partial charge on any atom is 0.315 e. The van der Waals surface area contributed by atoms with Crippen molar-refractivity contribution in [3.8, 4) is 0 Å². The first kappa shape index (κ1) is 11.2. The van der Waals surface area contributed by atoms with Crippen molar-refractivity contribution >= 4 is 28.4 Å². The minimum atomic E-state index is -0.958. The highest BCUT2D eigenvalue weighted by molar-refractivity contribution is 6.40. The van der Waals surface area contributed by atoms with Crippen molar-refractivity contribution in [3.63, 3.8) is 0 Å². The van der Waals surface area contributed by atoms with E-state index in [1.165, 1.54) is 11.9 Å². The standard InChI is InChI=1S/C12H13N3O2/c1-14-7-10(15(2)12(17)11(13)16)8-5-3-4-6-9(8)14/h3-7H,1-2H3,(H2,13,16). The van der Waals surface area contributed by atoms with Crippen LogP contribution in [0.25, 0.3) is 10.9 Å². The van der Waals surface area contributed by atoms with Crippen LogP contribution >= 0.6 is 0 Å². The second-order valence-corrected chi connectivity index (χ2v) is 3.87. The minimum Gasteiger partial charge on any atom is -0.361 e. The first-order valence-electron chi connectivity index (χ1n) is 5.14. The molecule has 2 rings (SSSR count). The molecule has 2 N–H and O–H groups in total. The zero-order valence-corrected chi connectivity index (χ0v) is 9.68. The molecular weight excluding hydrogens is 218 g/mol. The third-order valence-corrected chi connectivity index (χ3v) is 2.75. The molecule has 17 heavy (non-hydrogen) atoms. The van der Waals surface area contributed by atoms with Crippen LogP contribution < -0.4 is 10.6 Å². The van der Waals surface area contributed by atoms with Crippen molar-refractivity contribution in [2.24, 2.45) is 12.8 Å². The number of likely N-dealkylation sites (N-methyl/N-ethyl adjacent to an activating group) is 1. The average Bonchev–Trinajstić information content (AvgIpc) is 2.65. The average molecular weight is 231 g/mol. The molecule has 1 heterocycles. The van der Waals surface area contributed by atoms with Crippen LogP contribution in [0.15, 0.2) is 30.5 Å². The molecule has 0 unspecified atom stereocenters. The summed E-state index contributed by atoms with van der Waals surface area (Å²) in [5.41, 5.74) is 6.65. The van der Waals surface area contributed by atoms with Crippen LogP contribution in [-0.2, 0) is 16.6 Å². The van der Waals surface area contributed by atoms with Gasteiger partial charge >= 0.3 is 11.8 Å². The second kappa shape index (κ2) is 3.93. The topological polar surface area (TPSA) is 68.3 Å². The Morgan fingerprint density at radius 3 is 2.59 bits per heavy atom. The predicted octanol–water partition coefficient (Wildman–Crippen LogP) is 0.626. The number of carbonyl (C=O) groups excluding carboxylic acids is 2. The number of rotatable bonds is 1. The van der Waals surface area contributed by atoms with Crippen LogP contribution in [0.1, 0.15) is 0 Å². The summed E-state index contributed by atoms with van der Waals surface area (Å²) in [4.78, 5) is 23.7. The van der Waals surface area contributed by atoms with Crippen molar-refractivity contribution in [3.05, 3.63) is 30.5 Å². The summed E-state index contributed by atoms with van der Waals surface area (Å²) >= 11 is 0. The highest BCUT2D eigenvalue weighted by atomic mass is 16.2. The first-order valence-corrected chi connectivity index (χ1v) is 5.14. The Kier molecular flexibility index (Phi) is 2.59. The van der Waals surface area contributed by atoms with Gasteiger partial charge < -0.3 is 15.2 Å². The fourth-order valence-corrected chi connectivity index (χ4v) is 1.86. The number of amides is 2. The lowest BCUT2D eigenvalue weighted by molar-refractivity contribution is -0.135. The number of anilines is 1. The highest BCUT2D eigenvalue weighted by Crippen LogP contribution is 2.27. The van der Waals surface area contributed by atoms with E-state index in [1.807, 2.05) is 35.9 Å². The molecule has 0 aliphatic rings. The summed E-state index contributed by atoms with van der Waals surface area (Å²) in [5.74, 6) is -1.68. The molecule has 5 heteroatoms. The number of aromatic nitrogens is 1. The van der Waals surface area contributed by atoms with Crippen molar-refractivity contribution < 1.29 is 9.59 Å². The molecule has 2 aromatic rings. The minimum absolute atomic E-state index is 0.673. The van der Waals surface area contributed by atoms with Gasteiger partial charge in [0, 0.05) is 31.2 Å². The summed E-state index contributed by atoms with van der Waals surface area (Å²) < 4.78 is 1.90. The number of carbonyl (C=O) groups is 2. The number of hydrogen-bond acceptors (Lipinski definition) is 2. The van der Waals surface area contributed by atoms with Crippen molar-refractivity contribution in [2.75, 3.05) is 11.9 Å². The molecule has 0 fully saturated rings. The van der Waals surface area contributed by atoms with Gasteiger partial charge in [0.15, 0.2) is 0 Å². The van der Waals surface area contributed by atoms with Crippen LogP contribution in [0.3, 0.4) is 0 Å². The molecule has 1 aromatic carbocycles. The van der Waals surface area contributed by atoms with E-state index in [4.69, 9.17) is 5.73 Å². The molecule has 5 nitrogen and oxygen atoms in total. The zero-order chi connectivity index (χ0) is 12.6. The van der Waals surface area contributed by atoms with E-state index < -0.39 is 11.8 Å².